The third-order valence-electron chi connectivity index (χ3n) is 1.73. The van der Waals surface area contributed by atoms with Crippen LogP contribution in [0.1, 0.15) is 13.8 Å². The number of hydrogen-bond acceptors (Lipinski definition) is 3. The first kappa shape index (κ1) is 11.6. The number of nitrogens with one attached hydrogen (secondary N) is 1. The Morgan fingerprint density at radius 1 is 1.54 bits per heavy atom. The van der Waals surface area contributed by atoms with Crippen molar-refractivity contribution in [2.24, 2.45) is 0 Å². The number of allylic oxidation sites excluding steroid dienone is 2. The fraction of sp³-hybridized carbons (Fsp3) is 0.400. The van der Waals surface area contributed by atoms with Crippen molar-refractivity contribution >= 4 is 0 Å². The lowest BCUT2D eigenvalue weighted by Crippen LogP contribution is -2.30. The van der Waals surface area contributed by atoms with Gasteiger partial charge in [0.2, 0.25) is 5.88 Å². The summed E-state index contributed by atoms with van der Waals surface area (Å²) in [5.74, 6) is 3.70. The van der Waals surface area contributed by atoms with Crippen molar-refractivity contribution in [3.63, 3.8) is 0 Å². The zero-order valence-corrected chi connectivity index (χ0v) is 8.64. The first-order valence-electron chi connectivity index (χ1n) is 3.94. The van der Waals surface area contributed by atoms with Crippen LogP contribution in [-0.2, 0) is 4.74 Å². The molecule has 0 fully saturated rings. The number of terminal acetylenes is 1. The molecule has 1 N–H and O–H groups in total. The molecule has 0 aromatic carbocycles. The average Bonchev–Trinajstić information content (AvgIpc) is 2.14. The maximum atomic E-state index is 5.36. The van der Waals surface area contributed by atoms with Gasteiger partial charge < -0.3 is 4.74 Å². The lowest BCUT2D eigenvalue weighted by molar-refractivity contribution is 0.154. The van der Waals surface area contributed by atoms with Gasteiger partial charge in [0.25, 0.3) is 0 Å². The minimum atomic E-state index is 0.509. The molecule has 0 aliphatic heterocycles. The molecule has 0 bridgehead atoms. The first-order valence-corrected chi connectivity index (χ1v) is 3.94. The van der Waals surface area contributed by atoms with E-state index in [1.54, 1.807) is 19.1 Å². The molecule has 0 amide bonds. The largest absolute Gasteiger partial charge is 0.444 e. The van der Waals surface area contributed by atoms with Crippen molar-refractivity contribution < 1.29 is 4.74 Å². The molecule has 0 rings (SSSR count). The van der Waals surface area contributed by atoms with Crippen LogP contribution in [0.2, 0.25) is 0 Å². The van der Waals surface area contributed by atoms with Gasteiger partial charge in [0.05, 0.1) is 0 Å². The Morgan fingerprint density at radius 2 is 2.08 bits per heavy atom. The molecule has 72 valence electrons. The van der Waals surface area contributed by atoms with Gasteiger partial charge in [-0.15, -0.1) is 6.42 Å². The molecular formula is C10H16N2O. The quantitative estimate of drug-likeness (QED) is 0.403. The van der Waals surface area contributed by atoms with Crippen LogP contribution in [0.5, 0.6) is 0 Å². The van der Waals surface area contributed by atoms with Crippen LogP contribution in [0, 0.1) is 12.3 Å². The van der Waals surface area contributed by atoms with Crippen molar-refractivity contribution in [1.82, 2.24) is 10.4 Å². The van der Waals surface area contributed by atoms with Gasteiger partial charge in [0.1, 0.15) is 5.76 Å². The fourth-order valence-corrected chi connectivity index (χ4v) is 0.548. The molecular weight excluding hydrogens is 164 g/mol. The van der Waals surface area contributed by atoms with E-state index in [9.17, 15) is 0 Å². The molecule has 0 aliphatic rings. The summed E-state index contributed by atoms with van der Waals surface area (Å²) in [5, 5.41) is 1.66. The Labute approximate surface area is 80.0 Å². The second-order valence-electron chi connectivity index (χ2n) is 2.60. The minimum Gasteiger partial charge on any atom is -0.444 e. The zero-order valence-electron chi connectivity index (χ0n) is 8.64. The first-order chi connectivity index (χ1) is 6.02. The third-order valence-corrected chi connectivity index (χ3v) is 1.73. The summed E-state index contributed by atoms with van der Waals surface area (Å²) in [6, 6.07) is 0. The van der Waals surface area contributed by atoms with E-state index in [1.165, 1.54) is 0 Å². The highest BCUT2D eigenvalue weighted by atomic mass is 16.5. The van der Waals surface area contributed by atoms with Crippen molar-refractivity contribution in [2.45, 2.75) is 13.8 Å². The molecule has 0 unspecified atom stereocenters. The van der Waals surface area contributed by atoms with Gasteiger partial charge in [0, 0.05) is 19.7 Å². The maximum absolute atomic E-state index is 5.36. The molecule has 3 nitrogen and oxygen atoms in total. The van der Waals surface area contributed by atoms with Gasteiger partial charge in [-0.1, -0.05) is 5.92 Å². The highest BCUT2D eigenvalue weighted by Gasteiger charge is 2.02. The minimum absolute atomic E-state index is 0.509. The zero-order chi connectivity index (χ0) is 10.4. The molecule has 0 atom stereocenters. The summed E-state index contributed by atoms with van der Waals surface area (Å²) >= 11 is 0. The average molecular weight is 180 g/mol. The summed E-state index contributed by atoms with van der Waals surface area (Å²) in [6.07, 6.45) is 5.21. The third kappa shape index (κ3) is 3.68. The molecule has 0 radical (unpaired) electrons. The van der Waals surface area contributed by atoms with Gasteiger partial charge in [0.15, 0.2) is 0 Å². The number of hydrazine groups is 1. The number of ether oxygens (including phenoxy) is 1. The van der Waals surface area contributed by atoms with Crippen molar-refractivity contribution in [3.8, 4) is 12.3 Å². The summed E-state index contributed by atoms with van der Waals surface area (Å²) in [4.78, 5) is 0. The van der Waals surface area contributed by atoms with Crippen LogP contribution in [0.3, 0.4) is 0 Å². The van der Waals surface area contributed by atoms with Crippen LogP contribution in [0.15, 0.2) is 23.8 Å². The van der Waals surface area contributed by atoms with E-state index in [2.05, 4.69) is 17.9 Å². The van der Waals surface area contributed by atoms with E-state index in [4.69, 9.17) is 11.2 Å². The Kier molecular flexibility index (Phi) is 4.71. The van der Waals surface area contributed by atoms with E-state index < -0.39 is 0 Å². The van der Waals surface area contributed by atoms with Crippen molar-refractivity contribution in [1.29, 1.82) is 0 Å². The summed E-state index contributed by atoms with van der Waals surface area (Å²) in [5.41, 5.74) is 3.63. The number of nitrogens with zero attached hydrogens (tertiary/aromatic N) is 1. The van der Waals surface area contributed by atoms with Crippen LogP contribution in [0.4, 0.5) is 0 Å². The van der Waals surface area contributed by atoms with Crippen molar-refractivity contribution in [3.05, 3.63) is 23.8 Å². The molecule has 0 saturated carbocycles. The molecule has 0 saturated heterocycles. The Morgan fingerprint density at radius 3 is 2.46 bits per heavy atom. The van der Waals surface area contributed by atoms with Gasteiger partial charge in [-0.3, -0.25) is 5.01 Å². The molecule has 0 heterocycles. The van der Waals surface area contributed by atoms with Gasteiger partial charge in [-0.2, -0.15) is 0 Å². The summed E-state index contributed by atoms with van der Waals surface area (Å²) in [6.45, 7) is 7.35. The second kappa shape index (κ2) is 5.28. The van der Waals surface area contributed by atoms with Gasteiger partial charge >= 0.3 is 0 Å². The van der Waals surface area contributed by atoms with Crippen LogP contribution >= 0.6 is 0 Å². The predicted octanol–water partition coefficient (Wildman–Crippen LogP) is 1.47. The lowest BCUT2D eigenvalue weighted by Gasteiger charge is -2.20. The Hall–Kier alpha value is -1.40. The van der Waals surface area contributed by atoms with Crippen molar-refractivity contribution in [2.75, 3.05) is 14.1 Å². The number of hydrogen-bond donors (Lipinski definition) is 1. The molecule has 0 aliphatic carbocycles. The standard InChI is InChI=1S/C10H16N2O/c1-7-8(2)9(3)13-10(4)12(6)11-5/h1,11H,4H2,2-3,5-6H3/b9-8-. The molecule has 13 heavy (non-hydrogen) atoms. The summed E-state index contributed by atoms with van der Waals surface area (Å²) < 4.78 is 5.36. The van der Waals surface area contributed by atoms with Crippen LogP contribution < -0.4 is 5.43 Å². The fourth-order valence-electron chi connectivity index (χ4n) is 0.548. The van der Waals surface area contributed by atoms with Gasteiger partial charge in [-0.25, -0.2) is 5.43 Å². The second-order valence-corrected chi connectivity index (χ2v) is 2.60. The van der Waals surface area contributed by atoms with E-state index in [1.807, 2.05) is 13.8 Å². The molecule has 0 aromatic rings. The van der Waals surface area contributed by atoms with E-state index in [0.29, 0.717) is 11.6 Å². The van der Waals surface area contributed by atoms with Crippen LogP contribution in [0.25, 0.3) is 0 Å². The Balaban J connectivity index is 4.32. The predicted molar refractivity (Wildman–Crippen MR) is 54.3 cm³/mol. The lowest BCUT2D eigenvalue weighted by atomic mass is 10.3. The van der Waals surface area contributed by atoms with E-state index in [-0.39, 0.29) is 0 Å². The summed E-state index contributed by atoms with van der Waals surface area (Å²) in [7, 11) is 3.59. The van der Waals surface area contributed by atoms with Crippen LogP contribution in [-0.4, -0.2) is 19.1 Å². The highest BCUT2D eigenvalue weighted by Crippen LogP contribution is 2.09. The monoisotopic (exact) mass is 180 g/mol. The molecule has 0 spiro atoms. The normalized spacial score (nSPS) is 11.3. The molecule has 0 aromatic heterocycles. The smallest absolute Gasteiger partial charge is 0.202 e. The topological polar surface area (TPSA) is 24.5 Å². The maximum Gasteiger partial charge on any atom is 0.202 e. The highest BCUT2D eigenvalue weighted by molar-refractivity contribution is 5.25. The molecule has 3 heteroatoms. The van der Waals surface area contributed by atoms with E-state index >= 15 is 0 Å². The van der Waals surface area contributed by atoms with E-state index in [0.717, 1.165) is 5.57 Å². The number of rotatable bonds is 4. The van der Waals surface area contributed by atoms with Gasteiger partial charge in [-0.05, 0) is 20.4 Å². The Bertz CT molecular complexity index is 261. The SMILES string of the molecule is C#C/C(C)=C(/C)OC(=C)N(C)NC.